The fraction of sp³-hybridized carbons (Fsp3) is 0.571. The second kappa shape index (κ2) is 4.88. The quantitative estimate of drug-likeness (QED) is 0.879. The molecule has 2 unspecified atom stereocenters. The minimum atomic E-state index is -0.0577. The van der Waals surface area contributed by atoms with E-state index in [4.69, 9.17) is 9.47 Å². The van der Waals surface area contributed by atoms with Crippen molar-refractivity contribution >= 4 is 0 Å². The predicted octanol–water partition coefficient (Wildman–Crippen LogP) is 1.55. The Morgan fingerprint density at radius 1 is 1.33 bits per heavy atom. The molecule has 0 amide bonds. The van der Waals surface area contributed by atoms with Crippen molar-refractivity contribution in [1.29, 1.82) is 0 Å². The zero-order chi connectivity index (χ0) is 12.5. The first-order valence-corrected chi connectivity index (χ1v) is 6.48. The maximum atomic E-state index is 9.26. The van der Waals surface area contributed by atoms with E-state index in [2.05, 4.69) is 4.90 Å². The second-order valence-electron chi connectivity index (χ2n) is 4.99. The van der Waals surface area contributed by atoms with Crippen LogP contribution in [0.2, 0.25) is 0 Å². The van der Waals surface area contributed by atoms with Crippen molar-refractivity contribution in [2.24, 2.45) is 0 Å². The van der Waals surface area contributed by atoms with Gasteiger partial charge in [-0.3, -0.25) is 4.90 Å². The fourth-order valence-corrected chi connectivity index (χ4v) is 2.52. The Kier molecular flexibility index (Phi) is 3.24. The van der Waals surface area contributed by atoms with Crippen LogP contribution in [0, 0.1) is 0 Å². The van der Waals surface area contributed by atoms with Crippen LogP contribution >= 0.6 is 0 Å². The van der Waals surface area contributed by atoms with Gasteiger partial charge in [0.25, 0.3) is 0 Å². The summed E-state index contributed by atoms with van der Waals surface area (Å²) in [5.41, 5.74) is 1.14. The molecular formula is C14H19NO3. The SMILES string of the molecule is COc1ccc(C2OC(CO)CN2C2CC2)cc1. The molecule has 1 saturated heterocycles. The van der Waals surface area contributed by atoms with Crippen molar-refractivity contribution in [3.63, 3.8) is 0 Å². The van der Waals surface area contributed by atoms with Crippen LogP contribution in [0.15, 0.2) is 24.3 Å². The molecule has 2 aliphatic rings. The maximum Gasteiger partial charge on any atom is 0.137 e. The lowest BCUT2D eigenvalue weighted by atomic mass is 10.2. The number of aliphatic hydroxyl groups is 1. The van der Waals surface area contributed by atoms with E-state index in [9.17, 15) is 5.11 Å². The van der Waals surface area contributed by atoms with Gasteiger partial charge in [0.2, 0.25) is 0 Å². The first-order chi connectivity index (χ1) is 8.81. The first-order valence-electron chi connectivity index (χ1n) is 6.48. The molecule has 1 N–H and O–H groups in total. The molecule has 1 aliphatic carbocycles. The van der Waals surface area contributed by atoms with E-state index in [0.29, 0.717) is 6.04 Å². The third-order valence-electron chi connectivity index (χ3n) is 3.66. The number of benzene rings is 1. The van der Waals surface area contributed by atoms with Gasteiger partial charge in [0, 0.05) is 12.6 Å². The van der Waals surface area contributed by atoms with Gasteiger partial charge in [-0.2, -0.15) is 0 Å². The van der Waals surface area contributed by atoms with Crippen LogP contribution < -0.4 is 4.74 Å². The third-order valence-corrected chi connectivity index (χ3v) is 3.66. The molecule has 0 spiro atoms. The largest absolute Gasteiger partial charge is 0.497 e. The number of methoxy groups -OCH3 is 1. The molecule has 3 rings (SSSR count). The molecule has 98 valence electrons. The summed E-state index contributed by atoms with van der Waals surface area (Å²) in [5.74, 6) is 0.855. The lowest BCUT2D eigenvalue weighted by Crippen LogP contribution is -2.27. The molecule has 1 aliphatic heterocycles. The summed E-state index contributed by atoms with van der Waals surface area (Å²) in [6.45, 7) is 0.924. The van der Waals surface area contributed by atoms with Crippen LogP contribution in [0.4, 0.5) is 0 Å². The normalized spacial score (nSPS) is 28.6. The minimum Gasteiger partial charge on any atom is -0.497 e. The molecule has 18 heavy (non-hydrogen) atoms. The van der Waals surface area contributed by atoms with E-state index in [1.165, 1.54) is 12.8 Å². The van der Waals surface area contributed by atoms with Gasteiger partial charge in [-0.05, 0) is 30.5 Å². The highest BCUT2D eigenvalue weighted by molar-refractivity contribution is 5.29. The monoisotopic (exact) mass is 249 g/mol. The van der Waals surface area contributed by atoms with Crippen molar-refractivity contribution in [3.05, 3.63) is 29.8 Å². The molecule has 0 bridgehead atoms. The Morgan fingerprint density at radius 3 is 2.61 bits per heavy atom. The number of ether oxygens (including phenoxy) is 2. The van der Waals surface area contributed by atoms with Crippen LogP contribution in [0.25, 0.3) is 0 Å². The summed E-state index contributed by atoms with van der Waals surface area (Å²) in [4.78, 5) is 2.36. The van der Waals surface area contributed by atoms with E-state index >= 15 is 0 Å². The summed E-state index contributed by atoms with van der Waals surface area (Å²) in [5, 5.41) is 9.26. The van der Waals surface area contributed by atoms with Gasteiger partial charge in [0.05, 0.1) is 19.8 Å². The number of nitrogens with zero attached hydrogens (tertiary/aromatic N) is 1. The van der Waals surface area contributed by atoms with Gasteiger partial charge in [0.15, 0.2) is 0 Å². The molecule has 1 saturated carbocycles. The molecule has 0 aromatic heterocycles. The number of hydrogen-bond donors (Lipinski definition) is 1. The molecule has 4 heteroatoms. The molecule has 1 aromatic rings. The van der Waals surface area contributed by atoms with E-state index < -0.39 is 0 Å². The van der Waals surface area contributed by atoms with Crippen LogP contribution in [0.5, 0.6) is 5.75 Å². The van der Waals surface area contributed by atoms with Crippen LogP contribution in [0.3, 0.4) is 0 Å². The van der Waals surface area contributed by atoms with Crippen LogP contribution in [0.1, 0.15) is 24.6 Å². The number of hydrogen-bond acceptors (Lipinski definition) is 4. The van der Waals surface area contributed by atoms with E-state index in [-0.39, 0.29) is 18.9 Å². The highest BCUT2D eigenvalue weighted by Gasteiger charge is 2.41. The van der Waals surface area contributed by atoms with Gasteiger partial charge < -0.3 is 14.6 Å². The van der Waals surface area contributed by atoms with Crippen LogP contribution in [-0.2, 0) is 4.74 Å². The van der Waals surface area contributed by atoms with Crippen molar-refractivity contribution in [1.82, 2.24) is 4.90 Å². The van der Waals surface area contributed by atoms with Crippen molar-refractivity contribution in [2.75, 3.05) is 20.3 Å². The van der Waals surface area contributed by atoms with Gasteiger partial charge in [-0.15, -0.1) is 0 Å². The van der Waals surface area contributed by atoms with Gasteiger partial charge >= 0.3 is 0 Å². The highest BCUT2D eigenvalue weighted by Crippen LogP contribution is 2.39. The first kappa shape index (κ1) is 12.0. The Bertz CT molecular complexity index is 402. The molecule has 1 aromatic carbocycles. The minimum absolute atomic E-state index is 0.0134. The molecular weight excluding hydrogens is 230 g/mol. The Balaban J connectivity index is 1.79. The zero-order valence-corrected chi connectivity index (χ0v) is 10.6. The molecule has 1 heterocycles. The lowest BCUT2D eigenvalue weighted by Gasteiger charge is -2.22. The second-order valence-corrected chi connectivity index (χ2v) is 4.99. The summed E-state index contributed by atoms with van der Waals surface area (Å²) in [6, 6.07) is 8.62. The smallest absolute Gasteiger partial charge is 0.137 e. The van der Waals surface area contributed by atoms with Crippen molar-refractivity contribution in [2.45, 2.75) is 31.2 Å². The highest BCUT2D eigenvalue weighted by atomic mass is 16.5. The van der Waals surface area contributed by atoms with E-state index in [1.807, 2.05) is 24.3 Å². The fourth-order valence-electron chi connectivity index (χ4n) is 2.52. The van der Waals surface area contributed by atoms with Crippen molar-refractivity contribution < 1.29 is 14.6 Å². The summed E-state index contributed by atoms with van der Waals surface area (Å²) in [6.07, 6.45) is 2.42. The maximum absolute atomic E-state index is 9.26. The average Bonchev–Trinajstić information content (AvgIpc) is 3.18. The Labute approximate surface area is 107 Å². The Hall–Kier alpha value is -1.10. The lowest BCUT2D eigenvalue weighted by molar-refractivity contribution is -0.0216. The Morgan fingerprint density at radius 2 is 2.06 bits per heavy atom. The summed E-state index contributed by atoms with van der Waals surface area (Å²) in [7, 11) is 1.67. The molecule has 2 fully saturated rings. The molecule has 0 radical (unpaired) electrons. The average molecular weight is 249 g/mol. The van der Waals surface area contributed by atoms with Gasteiger partial charge in [0.1, 0.15) is 12.0 Å². The van der Waals surface area contributed by atoms with Gasteiger partial charge in [-0.25, -0.2) is 0 Å². The van der Waals surface area contributed by atoms with Crippen LogP contribution in [-0.4, -0.2) is 42.4 Å². The third kappa shape index (κ3) is 2.23. The van der Waals surface area contributed by atoms with E-state index in [0.717, 1.165) is 17.9 Å². The van der Waals surface area contributed by atoms with Crippen molar-refractivity contribution in [3.8, 4) is 5.75 Å². The van der Waals surface area contributed by atoms with E-state index in [1.54, 1.807) is 7.11 Å². The number of aliphatic hydroxyl groups excluding tert-OH is 1. The standard InChI is InChI=1S/C14H19NO3/c1-17-12-6-2-10(3-7-12)14-15(11-4-5-11)8-13(9-16)18-14/h2-3,6-7,11,13-14,16H,4-5,8-9H2,1H3. The topological polar surface area (TPSA) is 41.9 Å². The zero-order valence-electron chi connectivity index (χ0n) is 10.6. The molecule has 2 atom stereocenters. The number of rotatable bonds is 4. The molecule has 4 nitrogen and oxygen atoms in total. The summed E-state index contributed by atoms with van der Waals surface area (Å²) < 4.78 is 11.1. The summed E-state index contributed by atoms with van der Waals surface area (Å²) >= 11 is 0. The van der Waals surface area contributed by atoms with Gasteiger partial charge in [-0.1, -0.05) is 12.1 Å². The predicted molar refractivity (Wildman–Crippen MR) is 67.4 cm³/mol.